The van der Waals surface area contributed by atoms with Gasteiger partial charge >= 0.3 is 0 Å². The second-order valence-corrected chi connectivity index (χ2v) is 10.6. The number of hydrogen-bond acceptors (Lipinski definition) is 3. The first-order valence-corrected chi connectivity index (χ1v) is 13.2. The Hall–Kier alpha value is -3.44. The highest BCUT2D eigenvalue weighted by Gasteiger charge is 2.38. The first-order valence-electron chi connectivity index (χ1n) is 12.3. The molecule has 2 heterocycles. The molecule has 2 amide bonds. The van der Waals surface area contributed by atoms with Crippen molar-refractivity contribution >= 4 is 33.9 Å². The molecule has 0 spiro atoms. The summed E-state index contributed by atoms with van der Waals surface area (Å²) in [7, 11) is 0. The first-order chi connectivity index (χ1) is 17.1. The second kappa shape index (κ2) is 8.97. The zero-order valence-corrected chi connectivity index (χ0v) is 20.6. The van der Waals surface area contributed by atoms with Gasteiger partial charge in [-0.15, -0.1) is 11.3 Å². The number of carbonyl (C=O) groups excluding carboxylic acids is 2. The normalized spacial score (nSPS) is 17.3. The van der Waals surface area contributed by atoms with Crippen molar-refractivity contribution in [3.05, 3.63) is 105 Å². The van der Waals surface area contributed by atoms with E-state index in [1.54, 1.807) is 11.3 Å². The Morgan fingerprint density at radius 2 is 1.74 bits per heavy atom. The zero-order chi connectivity index (χ0) is 23.9. The molecule has 1 aliphatic heterocycles. The van der Waals surface area contributed by atoms with Crippen molar-refractivity contribution in [3.8, 4) is 0 Å². The van der Waals surface area contributed by atoms with E-state index in [9.17, 15) is 9.59 Å². The molecule has 0 N–H and O–H groups in total. The lowest BCUT2D eigenvalue weighted by Crippen LogP contribution is -2.47. The van der Waals surface area contributed by atoms with Crippen molar-refractivity contribution in [1.29, 1.82) is 0 Å². The number of carbonyl (C=O) groups is 2. The predicted octanol–water partition coefficient (Wildman–Crippen LogP) is 5.99. The van der Waals surface area contributed by atoms with E-state index in [-0.39, 0.29) is 30.4 Å². The molecule has 4 nitrogen and oxygen atoms in total. The average Bonchev–Trinajstić information content (AvgIpc) is 3.62. The smallest absolute Gasteiger partial charge is 0.255 e. The lowest BCUT2D eigenvalue weighted by Gasteiger charge is -2.37. The molecule has 1 atom stereocenters. The van der Waals surface area contributed by atoms with Crippen molar-refractivity contribution in [2.75, 3.05) is 13.1 Å². The van der Waals surface area contributed by atoms with Gasteiger partial charge in [-0.1, -0.05) is 66.2 Å². The molecule has 176 valence electrons. The molecule has 0 radical (unpaired) electrons. The Labute approximate surface area is 209 Å². The molecule has 1 saturated carbocycles. The van der Waals surface area contributed by atoms with E-state index >= 15 is 0 Å². The molecule has 2 aliphatic rings. The van der Waals surface area contributed by atoms with Gasteiger partial charge in [-0.3, -0.25) is 9.59 Å². The first kappa shape index (κ1) is 22.1. The quantitative estimate of drug-likeness (QED) is 0.352. The fraction of sp³-hybridized carbons (Fsp3) is 0.267. The van der Waals surface area contributed by atoms with E-state index in [1.807, 2.05) is 52.3 Å². The fourth-order valence-electron chi connectivity index (χ4n) is 5.25. The molecule has 0 saturated heterocycles. The number of nitrogens with zero attached hydrogens (tertiary/aromatic N) is 2. The van der Waals surface area contributed by atoms with Crippen LogP contribution in [0.3, 0.4) is 0 Å². The third kappa shape index (κ3) is 4.14. The molecule has 0 bridgehead atoms. The monoisotopic (exact) mass is 480 g/mol. The predicted molar refractivity (Wildman–Crippen MR) is 141 cm³/mol. The maximum absolute atomic E-state index is 13.9. The SMILES string of the molecule is Cc1ccc(C2c3ccsc3CCN2C(=O)CN(C(=O)c2cccc3ccccc23)C2CC2)cc1. The summed E-state index contributed by atoms with van der Waals surface area (Å²) in [6.07, 6.45) is 2.78. The topological polar surface area (TPSA) is 40.6 Å². The summed E-state index contributed by atoms with van der Waals surface area (Å²) < 4.78 is 0. The molecule has 35 heavy (non-hydrogen) atoms. The number of aryl methyl sites for hydroxylation is 1. The molecular weight excluding hydrogens is 452 g/mol. The van der Waals surface area contributed by atoms with Crippen LogP contribution in [0.5, 0.6) is 0 Å². The molecule has 1 unspecified atom stereocenters. The van der Waals surface area contributed by atoms with Gasteiger partial charge in [0.15, 0.2) is 0 Å². The third-order valence-electron chi connectivity index (χ3n) is 7.25. The Balaban J connectivity index is 1.31. The van der Waals surface area contributed by atoms with Crippen LogP contribution in [-0.4, -0.2) is 40.7 Å². The fourth-order valence-corrected chi connectivity index (χ4v) is 6.15. The number of amides is 2. The summed E-state index contributed by atoms with van der Waals surface area (Å²) in [5, 5.41) is 4.11. The van der Waals surface area contributed by atoms with Gasteiger partial charge in [-0.2, -0.15) is 0 Å². The standard InChI is InChI=1S/C30H28N2O2S/c1-20-9-11-22(12-10-20)29-26-16-18-35-27(26)15-17-31(29)28(33)19-32(23-13-14-23)30(34)25-8-4-6-21-5-2-3-7-24(21)25/h2-12,16,18,23,29H,13-15,17,19H2,1H3. The van der Waals surface area contributed by atoms with Crippen LogP contribution in [0.1, 0.15) is 50.8 Å². The Morgan fingerprint density at radius 1 is 0.971 bits per heavy atom. The molecule has 1 aliphatic carbocycles. The van der Waals surface area contributed by atoms with Gasteiger partial charge in [0, 0.05) is 23.0 Å². The van der Waals surface area contributed by atoms with Crippen molar-refractivity contribution in [3.63, 3.8) is 0 Å². The molecule has 4 aromatic rings. The lowest BCUT2D eigenvalue weighted by molar-refractivity contribution is -0.134. The molecule has 1 aromatic heterocycles. The lowest BCUT2D eigenvalue weighted by atomic mass is 9.92. The summed E-state index contributed by atoms with van der Waals surface area (Å²) >= 11 is 1.77. The molecular formula is C30H28N2O2S. The zero-order valence-electron chi connectivity index (χ0n) is 19.8. The van der Waals surface area contributed by atoms with Gasteiger partial charge in [0.25, 0.3) is 5.91 Å². The summed E-state index contributed by atoms with van der Waals surface area (Å²) in [5.41, 5.74) is 4.23. The molecule has 3 aromatic carbocycles. The van der Waals surface area contributed by atoms with E-state index in [4.69, 9.17) is 0 Å². The van der Waals surface area contributed by atoms with Crippen LogP contribution in [0, 0.1) is 6.92 Å². The van der Waals surface area contributed by atoms with E-state index in [0.717, 1.165) is 35.6 Å². The Kier molecular flexibility index (Phi) is 5.65. The van der Waals surface area contributed by atoms with Crippen molar-refractivity contribution < 1.29 is 9.59 Å². The van der Waals surface area contributed by atoms with Crippen molar-refractivity contribution in [1.82, 2.24) is 9.80 Å². The highest BCUT2D eigenvalue weighted by atomic mass is 32.1. The van der Waals surface area contributed by atoms with Crippen LogP contribution >= 0.6 is 11.3 Å². The summed E-state index contributed by atoms with van der Waals surface area (Å²) in [4.78, 5) is 32.8. The molecule has 6 rings (SSSR count). The average molecular weight is 481 g/mol. The highest BCUT2D eigenvalue weighted by Crippen LogP contribution is 2.38. The number of hydrogen-bond donors (Lipinski definition) is 0. The number of thiophene rings is 1. The highest BCUT2D eigenvalue weighted by molar-refractivity contribution is 7.10. The Morgan fingerprint density at radius 3 is 2.54 bits per heavy atom. The summed E-state index contributed by atoms with van der Waals surface area (Å²) in [6, 6.07) is 24.5. The van der Waals surface area contributed by atoms with Gasteiger partial charge in [-0.25, -0.2) is 0 Å². The van der Waals surface area contributed by atoms with E-state index in [0.29, 0.717) is 12.1 Å². The summed E-state index contributed by atoms with van der Waals surface area (Å²) in [6.45, 7) is 2.87. The van der Waals surface area contributed by atoms with E-state index in [1.165, 1.54) is 16.0 Å². The third-order valence-corrected chi connectivity index (χ3v) is 8.25. The van der Waals surface area contributed by atoms with Gasteiger partial charge in [0.2, 0.25) is 5.91 Å². The van der Waals surface area contributed by atoms with Crippen molar-refractivity contribution in [2.24, 2.45) is 0 Å². The maximum atomic E-state index is 13.9. The number of benzene rings is 3. The number of fused-ring (bicyclic) bond motifs is 2. The van der Waals surface area contributed by atoms with Crippen LogP contribution in [0.25, 0.3) is 10.8 Å². The van der Waals surface area contributed by atoms with Crippen LogP contribution in [-0.2, 0) is 11.2 Å². The second-order valence-electron chi connectivity index (χ2n) is 9.64. The molecule has 1 fully saturated rings. The van der Waals surface area contributed by atoms with Crippen LogP contribution in [0.4, 0.5) is 0 Å². The molecule has 5 heteroatoms. The minimum Gasteiger partial charge on any atom is -0.330 e. The minimum atomic E-state index is -0.105. The maximum Gasteiger partial charge on any atom is 0.255 e. The Bertz CT molecular complexity index is 1400. The van der Waals surface area contributed by atoms with Gasteiger partial charge in [0.05, 0.1) is 6.04 Å². The van der Waals surface area contributed by atoms with E-state index in [2.05, 4.69) is 42.6 Å². The number of rotatable bonds is 5. The largest absolute Gasteiger partial charge is 0.330 e. The van der Waals surface area contributed by atoms with E-state index < -0.39 is 0 Å². The van der Waals surface area contributed by atoms with Gasteiger partial charge in [-0.05, 0) is 65.6 Å². The van der Waals surface area contributed by atoms with Crippen LogP contribution in [0.2, 0.25) is 0 Å². The minimum absolute atomic E-state index is 0.0212. The van der Waals surface area contributed by atoms with Gasteiger partial charge < -0.3 is 9.80 Å². The van der Waals surface area contributed by atoms with Crippen LogP contribution in [0.15, 0.2) is 78.2 Å². The van der Waals surface area contributed by atoms with Crippen LogP contribution < -0.4 is 0 Å². The van der Waals surface area contributed by atoms with Crippen molar-refractivity contribution in [2.45, 2.75) is 38.3 Å². The summed E-state index contributed by atoms with van der Waals surface area (Å²) in [5.74, 6) is -0.0225. The van der Waals surface area contributed by atoms with Gasteiger partial charge in [0.1, 0.15) is 6.54 Å².